The smallest absolute Gasteiger partial charge is 0.365 e. The molecule has 4 rings (SSSR count). The maximum atomic E-state index is 12.1. The molecule has 2 heterocycles. The third-order valence-electron chi connectivity index (χ3n) is 3.92. The van der Waals surface area contributed by atoms with Crippen LogP contribution in [-0.2, 0) is 0 Å². The maximum absolute atomic E-state index is 12.1. The van der Waals surface area contributed by atoms with Gasteiger partial charge in [0.2, 0.25) is 0 Å². The van der Waals surface area contributed by atoms with Crippen molar-refractivity contribution in [1.82, 2.24) is 20.0 Å². The Morgan fingerprint density at radius 2 is 2.09 bits per heavy atom. The summed E-state index contributed by atoms with van der Waals surface area (Å²) in [6.45, 7) is 0. The molecule has 0 amide bonds. The lowest BCUT2D eigenvalue weighted by atomic mass is 9.85. The number of carbonyl (C=O) groups is 1. The number of rotatable bonds is 4. The average molecular weight is 310 g/mol. The largest absolute Gasteiger partial charge is 0.448 e. The van der Waals surface area contributed by atoms with E-state index >= 15 is 0 Å². The van der Waals surface area contributed by atoms with Crippen molar-refractivity contribution in [2.24, 2.45) is 0 Å². The quantitative estimate of drug-likeness (QED) is 0.544. The van der Waals surface area contributed by atoms with Gasteiger partial charge >= 0.3 is 5.97 Å². The van der Waals surface area contributed by atoms with Crippen LogP contribution in [0.15, 0.2) is 47.3 Å². The number of hydrogen-bond donors (Lipinski definition) is 0. The monoisotopic (exact) mass is 310 g/mol. The molecule has 0 bridgehead atoms. The van der Waals surface area contributed by atoms with Gasteiger partial charge in [0.1, 0.15) is 12.0 Å². The molecule has 7 nitrogen and oxygen atoms in total. The van der Waals surface area contributed by atoms with Crippen molar-refractivity contribution in [2.75, 3.05) is 0 Å². The maximum Gasteiger partial charge on any atom is 0.365 e. The molecule has 0 unspecified atom stereocenters. The summed E-state index contributed by atoms with van der Waals surface area (Å²) in [6.07, 6.45) is 8.01. The molecule has 1 aliphatic carbocycles. The van der Waals surface area contributed by atoms with E-state index in [-0.39, 0.29) is 5.69 Å². The Balaban J connectivity index is 1.44. The number of esters is 1. The fraction of sp³-hybridized carbons (Fsp3) is 0.250. The molecule has 0 radical (unpaired) electrons. The van der Waals surface area contributed by atoms with Gasteiger partial charge in [-0.2, -0.15) is 0 Å². The van der Waals surface area contributed by atoms with E-state index in [1.807, 2.05) is 0 Å². The van der Waals surface area contributed by atoms with E-state index in [1.54, 1.807) is 41.3 Å². The fourth-order valence-electron chi connectivity index (χ4n) is 2.40. The first kappa shape index (κ1) is 13.7. The van der Waals surface area contributed by atoms with Crippen molar-refractivity contribution in [1.29, 1.82) is 0 Å². The van der Waals surface area contributed by atoms with Gasteiger partial charge < -0.3 is 9.15 Å². The molecule has 0 N–H and O–H groups in total. The van der Waals surface area contributed by atoms with Crippen molar-refractivity contribution in [3.63, 3.8) is 0 Å². The minimum Gasteiger partial charge on any atom is -0.448 e. The van der Waals surface area contributed by atoms with Gasteiger partial charge in [0.05, 0.1) is 18.1 Å². The zero-order valence-electron chi connectivity index (χ0n) is 12.3. The van der Waals surface area contributed by atoms with Crippen molar-refractivity contribution < 1.29 is 13.9 Å². The van der Waals surface area contributed by atoms with E-state index in [4.69, 9.17) is 9.15 Å². The topological polar surface area (TPSA) is 83.0 Å². The molecule has 3 aromatic rings. The predicted molar refractivity (Wildman–Crippen MR) is 79.4 cm³/mol. The summed E-state index contributed by atoms with van der Waals surface area (Å²) in [7, 11) is 0. The van der Waals surface area contributed by atoms with E-state index in [0.29, 0.717) is 17.6 Å². The summed E-state index contributed by atoms with van der Waals surface area (Å²) < 4.78 is 12.3. The molecule has 2 aromatic heterocycles. The average Bonchev–Trinajstić information content (AvgIpc) is 3.17. The summed E-state index contributed by atoms with van der Waals surface area (Å²) in [6, 6.07) is 6.98. The van der Waals surface area contributed by atoms with Crippen molar-refractivity contribution >= 4 is 5.97 Å². The van der Waals surface area contributed by atoms with Crippen LogP contribution in [0.4, 0.5) is 0 Å². The molecule has 0 aliphatic heterocycles. The molecule has 0 atom stereocenters. The van der Waals surface area contributed by atoms with Crippen LogP contribution in [0.3, 0.4) is 0 Å². The highest BCUT2D eigenvalue weighted by Crippen LogP contribution is 2.35. The molecule has 1 fully saturated rings. The zero-order chi connectivity index (χ0) is 15.6. The highest BCUT2D eigenvalue weighted by atomic mass is 16.5. The highest BCUT2D eigenvalue weighted by molar-refractivity contribution is 5.88. The molecule has 1 aromatic carbocycles. The normalized spacial score (nSPS) is 14.4. The Kier molecular flexibility index (Phi) is 3.38. The first-order chi connectivity index (χ1) is 11.3. The Morgan fingerprint density at radius 1 is 1.26 bits per heavy atom. The molecule has 7 heteroatoms. The van der Waals surface area contributed by atoms with Crippen LogP contribution in [0.2, 0.25) is 0 Å². The van der Waals surface area contributed by atoms with E-state index in [1.165, 1.54) is 12.7 Å². The van der Waals surface area contributed by atoms with Crippen LogP contribution in [-0.4, -0.2) is 25.9 Å². The molecular formula is C16H14N4O3. The van der Waals surface area contributed by atoms with Crippen LogP contribution in [0.25, 0.3) is 5.69 Å². The van der Waals surface area contributed by atoms with Gasteiger partial charge in [0.25, 0.3) is 0 Å². The second kappa shape index (κ2) is 5.68. The molecule has 116 valence electrons. The van der Waals surface area contributed by atoms with Gasteiger partial charge in [-0.25, -0.2) is 14.5 Å². The fourth-order valence-corrected chi connectivity index (χ4v) is 2.40. The minimum absolute atomic E-state index is 0.201. The number of benzene rings is 1. The van der Waals surface area contributed by atoms with Crippen LogP contribution >= 0.6 is 0 Å². The van der Waals surface area contributed by atoms with Crippen LogP contribution < -0.4 is 4.74 Å². The van der Waals surface area contributed by atoms with Crippen LogP contribution in [0.1, 0.15) is 41.6 Å². The standard InChI is InChI=1S/C16H14N4O3/c21-16(14-10-22-15(18-14)11-2-1-3-11)23-13-6-4-12(5-7-13)20-9-8-17-19-20/h4-11H,1-3H2. The molecule has 23 heavy (non-hydrogen) atoms. The van der Waals surface area contributed by atoms with Gasteiger partial charge in [-0.1, -0.05) is 11.6 Å². The van der Waals surface area contributed by atoms with E-state index in [2.05, 4.69) is 15.3 Å². The van der Waals surface area contributed by atoms with Gasteiger partial charge in [0, 0.05) is 5.92 Å². The number of ether oxygens (including phenoxy) is 1. The minimum atomic E-state index is -0.521. The second-order valence-corrected chi connectivity index (χ2v) is 5.43. The Hall–Kier alpha value is -2.96. The SMILES string of the molecule is O=C(Oc1ccc(-n2ccnn2)cc1)c1coc(C2CCC2)n1. The summed E-state index contributed by atoms with van der Waals surface area (Å²) in [5.74, 6) is 0.892. The van der Waals surface area contributed by atoms with Gasteiger partial charge in [-0.3, -0.25) is 0 Å². The Morgan fingerprint density at radius 3 is 2.74 bits per heavy atom. The lowest BCUT2D eigenvalue weighted by molar-refractivity contribution is 0.0728. The Labute approximate surface area is 131 Å². The zero-order valence-corrected chi connectivity index (χ0v) is 12.3. The number of nitrogens with zero attached hydrogens (tertiary/aromatic N) is 4. The molecule has 0 saturated heterocycles. The second-order valence-electron chi connectivity index (χ2n) is 5.43. The lowest BCUT2D eigenvalue weighted by Crippen LogP contribution is -2.12. The van der Waals surface area contributed by atoms with Crippen molar-refractivity contribution in [3.8, 4) is 11.4 Å². The summed E-state index contributed by atoms with van der Waals surface area (Å²) in [5, 5.41) is 7.64. The van der Waals surface area contributed by atoms with Crippen LogP contribution in [0, 0.1) is 0 Å². The lowest BCUT2D eigenvalue weighted by Gasteiger charge is -2.21. The van der Waals surface area contributed by atoms with Gasteiger partial charge in [-0.15, -0.1) is 5.10 Å². The first-order valence-corrected chi connectivity index (χ1v) is 7.44. The van der Waals surface area contributed by atoms with Gasteiger partial charge in [0.15, 0.2) is 11.6 Å². The summed E-state index contributed by atoms with van der Waals surface area (Å²) in [5.41, 5.74) is 1.03. The van der Waals surface area contributed by atoms with Gasteiger partial charge in [-0.05, 0) is 37.1 Å². The predicted octanol–water partition coefficient (Wildman–Crippen LogP) is 2.74. The number of aromatic nitrogens is 4. The summed E-state index contributed by atoms with van der Waals surface area (Å²) >= 11 is 0. The highest BCUT2D eigenvalue weighted by Gasteiger charge is 2.26. The molecule has 0 spiro atoms. The van der Waals surface area contributed by atoms with E-state index in [9.17, 15) is 4.79 Å². The first-order valence-electron chi connectivity index (χ1n) is 7.44. The number of carbonyl (C=O) groups excluding carboxylic acids is 1. The van der Waals surface area contributed by atoms with E-state index < -0.39 is 5.97 Å². The third kappa shape index (κ3) is 2.73. The van der Waals surface area contributed by atoms with Crippen molar-refractivity contribution in [3.05, 3.63) is 54.5 Å². The van der Waals surface area contributed by atoms with Crippen LogP contribution in [0.5, 0.6) is 5.75 Å². The Bertz CT molecular complexity index is 804. The molecular weight excluding hydrogens is 296 g/mol. The van der Waals surface area contributed by atoms with E-state index in [0.717, 1.165) is 18.5 Å². The van der Waals surface area contributed by atoms with Crippen molar-refractivity contribution in [2.45, 2.75) is 25.2 Å². The number of hydrogen-bond acceptors (Lipinski definition) is 6. The molecule has 1 saturated carbocycles. The number of oxazole rings is 1. The summed E-state index contributed by atoms with van der Waals surface area (Å²) in [4.78, 5) is 16.3. The third-order valence-corrected chi connectivity index (χ3v) is 3.92. The molecule has 1 aliphatic rings.